The van der Waals surface area contributed by atoms with Crippen LogP contribution in [0, 0.1) is 0 Å². The number of carbonyl (C=O) groups excluding carboxylic acids is 2. The molecule has 0 aliphatic rings. The number of rotatable bonds is 10. The van der Waals surface area contributed by atoms with Crippen molar-refractivity contribution in [2.24, 2.45) is 0 Å². The van der Waals surface area contributed by atoms with E-state index in [0.717, 1.165) is 16.0 Å². The van der Waals surface area contributed by atoms with Gasteiger partial charge >= 0.3 is 0 Å². The summed E-state index contributed by atoms with van der Waals surface area (Å²) in [5, 5.41) is 3.97. The zero-order chi connectivity index (χ0) is 23.6. The van der Waals surface area contributed by atoms with Crippen LogP contribution in [0.15, 0.2) is 83.8 Å². The highest BCUT2D eigenvalue weighted by molar-refractivity contribution is 7.99. The molecule has 3 aromatic rings. The number of hydrogen-bond acceptors (Lipinski definition) is 3. The lowest BCUT2D eigenvalue weighted by atomic mass is 10.0. The molecule has 7 heteroatoms. The van der Waals surface area contributed by atoms with Crippen LogP contribution in [0.25, 0.3) is 0 Å². The molecular weight excluding hydrogens is 475 g/mol. The number of halogens is 2. The number of likely N-dealkylation sites (N-methyl/N-ethyl adjacent to an activating group) is 1. The van der Waals surface area contributed by atoms with Gasteiger partial charge in [0, 0.05) is 47.1 Å². The molecule has 0 saturated carbocycles. The van der Waals surface area contributed by atoms with Crippen molar-refractivity contribution in [3.05, 3.63) is 100 Å². The maximum absolute atomic E-state index is 13.4. The second-order valence-electron chi connectivity index (χ2n) is 7.49. The summed E-state index contributed by atoms with van der Waals surface area (Å²) in [6.45, 7) is 0.259. The van der Waals surface area contributed by atoms with Gasteiger partial charge in [0.25, 0.3) is 0 Å². The number of carbonyl (C=O) groups is 2. The molecule has 0 fully saturated rings. The van der Waals surface area contributed by atoms with Crippen LogP contribution in [0.5, 0.6) is 0 Å². The van der Waals surface area contributed by atoms with E-state index in [-0.39, 0.29) is 18.4 Å². The van der Waals surface area contributed by atoms with Crippen LogP contribution in [0.1, 0.15) is 17.5 Å². The van der Waals surface area contributed by atoms with E-state index in [1.54, 1.807) is 29.8 Å². The summed E-state index contributed by atoms with van der Waals surface area (Å²) in [4.78, 5) is 29.0. The van der Waals surface area contributed by atoms with Crippen LogP contribution >= 0.6 is 35.0 Å². The molecule has 3 aromatic carbocycles. The molecule has 1 atom stereocenters. The monoisotopic (exact) mass is 500 g/mol. The van der Waals surface area contributed by atoms with E-state index in [4.69, 9.17) is 23.2 Å². The van der Waals surface area contributed by atoms with Crippen LogP contribution in [0.4, 0.5) is 0 Å². The Bertz CT molecular complexity index is 1060. The quantitative estimate of drug-likeness (QED) is 0.354. The van der Waals surface area contributed by atoms with Gasteiger partial charge in [-0.15, -0.1) is 11.8 Å². The van der Waals surface area contributed by atoms with Gasteiger partial charge in [-0.25, -0.2) is 0 Å². The van der Waals surface area contributed by atoms with Crippen LogP contribution in [-0.2, 0) is 22.6 Å². The molecule has 172 valence electrons. The van der Waals surface area contributed by atoms with Gasteiger partial charge in [-0.1, -0.05) is 71.7 Å². The summed E-state index contributed by atoms with van der Waals surface area (Å²) < 4.78 is 0. The fourth-order valence-corrected chi connectivity index (χ4v) is 4.62. The van der Waals surface area contributed by atoms with Crippen molar-refractivity contribution in [2.45, 2.75) is 30.3 Å². The van der Waals surface area contributed by atoms with E-state index >= 15 is 0 Å². The highest BCUT2D eigenvalue weighted by atomic mass is 35.5. The number of thioether (sulfide) groups is 1. The van der Waals surface area contributed by atoms with Crippen LogP contribution in [-0.4, -0.2) is 35.6 Å². The Morgan fingerprint density at radius 1 is 0.939 bits per heavy atom. The van der Waals surface area contributed by atoms with Crippen LogP contribution < -0.4 is 5.32 Å². The molecule has 0 unspecified atom stereocenters. The third kappa shape index (κ3) is 7.53. The van der Waals surface area contributed by atoms with E-state index in [9.17, 15) is 9.59 Å². The summed E-state index contributed by atoms with van der Waals surface area (Å²) in [5.74, 6) is 0.288. The molecule has 2 amide bonds. The normalized spacial score (nSPS) is 11.6. The van der Waals surface area contributed by atoms with Gasteiger partial charge in [-0.05, 0) is 41.5 Å². The van der Waals surface area contributed by atoms with Gasteiger partial charge in [-0.2, -0.15) is 0 Å². The van der Waals surface area contributed by atoms with Crippen LogP contribution in [0.3, 0.4) is 0 Å². The van der Waals surface area contributed by atoms with Gasteiger partial charge in [0.1, 0.15) is 6.04 Å². The molecule has 0 radical (unpaired) electrons. The van der Waals surface area contributed by atoms with Crippen molar-refractivity contribution >= 4 is 46.8 Å². The molecule has 3 rings (SSSR count). The topological polar surface area (TPSA) is 49.4 Å². The highest BCUT2D eigenvalue weighted by Crippen LogP contribution is 2.24. The summed E-state index contributed by atoms with van der Waals surface area (Å²) in [6, 6.07) is 24.0. The molecular formula is C26H26Cl2N2O2S. The second kappa shape index (κ2) is 12.7. The molecule has 4 nitrogen and oxygen atoms in total. The first-order chi connectivity index (χ1) is 16.0. The summed E-state index contributed by atoms with van der Waals surface area (Å²) in [6.07, 6.45) is 0.709. The van der Waals surface area contributed by atoms with Crippen molar-refractivity contribution in [3.8, 4) is 0 Å². The third-order valence-electron chi connectivity index (χ3n) is 5.21. The van der Waals surface area contributed by atoms with E-state index in [2.05, 4.69) is 5.32 Å². The minimum absolute atomic E-state index is 0.0964. The summed E-state index contributed by atoms with van der Waals surface area (Å²) in [5.41, 5.74) is 1.79. The summed E-state index contributed by atoms with van der Waals surface area (Å²) >= 11 is 13.9. The van der Waals surface area contributed by atoms with E-state index in [1.807, 2.05) is 72.8 Å². The van der Waals surface area contributed by atoms with Crippen LogP contribution in [0.2, 0.25) is 10.0 Å². The molecule has 0 bridgehead atoms. The second-order valence-corrected chi connectivity index (χ2v) is 9.50. The van der Waals surface area contributed by atoms with Gasteiger partial charge in [0.2, 0.25) is 11.8 Å². The van der Waals surface area contributed by atoms with Crippen molar-refractivity contribution in [2.75, 3.05) is 12.8 Å². The Kier molecular flexibility index (Phi) is 9.67. The van der Waals surface area contributed by atoms with Crippen molar-refractivity contribution in [1.29, 1.82) is 0 Å². The van der Waals surface area contributed by atoms with Crippen molar-refractivity contribution in [1.82, 2.24) is 10.2 Å². The minimum atomic E-state index is -0.651. The first-order valence-electron chi connectivity index (χ1n) is 10.6. The van der Waals surface area contributed by atoms with Gasteiger partial charge in [0.15, 0.2) is 0 Å². The molecule has 1 N–H and O–H groups in total. The average molecular weight is 501 g/mol. The zero-order valence-corrected chi connectivity index (χ0v) is 20.7. The lowest BCUT2D eigenvalue weighted by Crippen LogP contribution is -2.49. The smallest absolute Gasteiger partial charge is 0.242 e. The molecule has 0 aliphatic heterocycles. The number of amides is 2. The van der Waals surface area contributed by atoms with E-state index in [1.165, 1.54) is 0 Å². The molecule has 0 heterocycles. The Labute approximate surface area is 209 Å². The van der Waals surface area contributed by atoms with E-state index in [0.29, 0.717) is 28.6 Å². The zero-order valence-electron chi connectivity index (χ0n) is 18.3. The Hall–Kier alpha value is -2.47. The number of benzene rings is 3. The van der Waals surface area contributed by atoms with Crippen molar-refractivity contribution < 1.29 is 9.59 Å². The van der Waals surface area contributed by atoms with E-state index < -0.39 is 6.04 Å². The number of nitrogens with one attached hydrogen (secondary N) is 1. The Morgan fingerprint density at radius 2 is 1.61 bits per heavy atom. The highest BCUT2D eigenvalue weighted by Gasteiger charge is 2.30. The minimum Gasteiger partial charge on any atom is -0.357 e. The molecule has 0 aliphatic carbocycles. The Balaban J connectivity index is 1.81. The molecule has 0 spiro atoms. The molecule has 33 heavy (non-hydrogen) atoms. The summed E-state index contributed by atoms with van der Waals surface area (Å²) in [7, 11) is 1.59. The number of hydrogen-bond donors (Lipinski definition) is 1. The lowest BCUT2D eigenvalue weighted by molar-refractivity contribution is -0.140. The van der Waals surface area contributed by atoms with Gasteiger partial charge < -0.3 is 10.2 Å². The first kappa shape index (κ1) is 25.2. The van der Waals surface area contributed by atoms with Crippen molar-refractivity contribution in [3.63, 3.8) is 0 Å². The van der Waals surface area contributed by atoms with Gasteiger partial charge in [0.05, 0.1) is 0 Å². The largest absolute Gasteiger partial charge is 0.357 e. The maximum atomic E-state index is 13.4. The first-order valence-corrected chi connectivity index (χ1v) is 12.4. The predicted octanol–water partition coefficient (Wildman–Crippen LogP) is 5.86. The maximum Gasteiger partial charge on any atom is 0.242 e. The lowest BCUT2D eigenvalue weighted by Gasteiger charge is -2.31. The fraction of sp³-hybridized carbons (Fsp3) is 0.231. The third-order valence-corrected chi connectivity index (χ3v) is 6.85. The average Bonchev–Trinajstić information content (AvgIpc) is 2.83. The standard InChI is InChI=1S/C26H26Cl2N2O2S/c1-29-26(32)24(17-19-7-3-2-4-8-19)30(18-20-9-5-6-10-23(20)28)25(31)15-16-33-22-13-11-21(27)12-14-22/h2-14,24H,15-18H2,1H3,(H,29,32)/t24-/m0/s1. The molecule has 0 saturated heterocycles. The Morgan fingerprint density at radius 3 is 2.27 bits per heavy atom. The fourth-order valence-electron chi connectivity index (χ4n) is 3.46. The molecule has 0 aromatic heterocycles. The number of nitrogens with zero attached hydrogens (tertiary/aromatic N) is 1. The SMILES string of the molecule is CNC(=O)[C@H](Cc1ccccc1)N(Cc1ccccc1Cl)C(=O)CCSc1ccc(Cl)cc1. The van der Waals surface area contributed by atoms with Gasteiger partial charge in [-0.3, -0.25) is 9.59 Å². The predicted molar refractivity (Wildman–Crippen MR) is 137 cm³/mol.